The van der Waals surface area contributed by atoms with E-state index in [-0.39, 0.29) is 18.5 Å². The molecule has 0 radical (unpaired) electrons. The summed E-state index contributed by atoms with van der Waals surface area (Å²) in [5.41, 5.74) is 0.371. The fourth-order valence-corrected chi connectivity index (χ4v) is 2.41. The monoisotopic (exact) mass is 338 g/mol. The molecule has 1 heterocycles. The summed E-state index contributed by atoms with van der Waals surface area (Å²) in [5.74, 6) is -0.221. The summed E-state index contributed by atoms with van der Waals surface area (Å²) in [6.07, 6.45) is 0.482. The number of hydrogen-bond acceptors (Lipinski definition) is 5. The van der Waals surface area contributed by atoms with Crippen molar-refractivity contribution in [2.24, 2.45) is 0 Å². The topological polar surface area (TPSA) is 96.7 Å². The number of rotatable bonds is 4. The lowest BCUT2D eigenvalue weighted by atomic mass is 9.89. The number of aromatic nitrogens is 2. The Morgan fingerprint density at radius 3 is 2.54 bits per heavy atom. The smallest absolute Gasteiger partial charge is 0.407 e. The molecule has 1 saturated carbocycles. The van der Waals surface area contributed by atoms with Crippen molar-refractivity contribution in [2.75, 3.05) is 14.1 Å². The zero-order chi connectivity index (χ0) is 18.1. The molecule has 0 aromatic carbocycles. The van der Waals surface area contributed by atoms with Crippen LogP contribution in [-0.4, -0.2) is 57.6 Å². The summed E-state index contributed by atoms with van der Waals surface area (Å²) in [5, 5.41) is 16.9. The minimum absolute atomic E-state index is 0.163. The lowest BCUT2D eigenvalue weighted by molar-refractivity contribution is 0.0232. The lowest BCUT2D eigenvalue weighted by Gasteiger charge is -2.33. The number of ether oxygens (including phenoxy) is 1. The molecule has 0 bridgehead atoms. The van der Waals surface area contributed by atoms with Crippen LogP contribution >= 0.6 is 0 Å². The van der Waals surface area contributed by atoms with Gasteiger partial charge in [-0.05, 0) is 39.7 Å². The minimum atomic E-state index is -0.583. The number of carbonyl (C=O) groups excluding carboxylic acids is 2. The first-order chi connectivity index (χ1) is 11.1. The Morgan fingerprint density at radius 1 is 1.42 bits per heavy atom. The SMILES string of the molecule is CN(C)C(=O)c1cc(CNC(=O)OC(C)(C)C)n(C2CCC2O)n1. The molecule has 0 aliphatic heterocycles. The van der Waals surface area contributed by atoms with E-state index < -0.39 is 17.8 Å². The maximum Gasteiger partial charge on any atom is 0.407 e. The van der Waals surface area contributed by atoms with Crippen molar-refractivity contribution >= 4 is 12.0 Å². The van der Waals surface area contributed by atoms with Gasteiger partial charge in [0, 0.05) is 14.1 Å². The molecule has 0 spiro atoms. The average molecular weight is 338 g/mol. The number of hydrogen-bond donors (Lipinski definition) is 2. The van der Waals surface area contributed by atoms with Crippen LogP contribution in [0.5, 0.6) is 0 Å². The van der Waals surface area contributed by atoms with E-state index in [1.165, 1.54) is 4.90 Å². The van der Waals surface area contributed by atoms with E-state index in [0.717, 1.165) is 6.42 Å². The Labute approximate surface area is 141 Å². The second kappa shape index (κ2) is 6.80. The van der Waals surface area contributed by atoms with Crippen LogP contribution in [0.15, 0.2) is 6.07 Å². The van der Waals surface area contributed by atoms with Crippen molar-refractivity contribution in [2.45, 2.75) is 57.9 Å². The largest absolute Gasteiger partial charge is 0.444 e. The molecule has 1 fully saturated rings. The Bertz CT molecular complexity index is 618. The standard InChI is InChI=1S/C16H26N4O4/c1-16(2,3)24-15(23)17-9-10-8-11(14(22)19(4)5)18-20(10)12-6-7-13(12)21/h8,12-13,21H,6-7,9H2,1-5H3,(H,17,23). The number of carbonyl (C=O) groups is 2. The van der Waals surface area contributed by atoms with Gasteiger partial charge in [0.15, 0.2) is 5.69 Å². The number of aliphatic hydroxyl groups is 1. The molecular formula is C16H26N4O4. The summed E-state index contributed by atoms with van der Waals surface area (Å²) < 4.78 is 6.85. The van der Waals surface area contributed by atoms with Crippen molar-refractivity contribution in [1.29, 1.82) is 0 Å². The van der Waals surface area contributed by atoms with E-state index >= 15 is 0 Å². The number of alkyl carbamates (subject to hydrolysis) is 1. The number of nitrogens with zero attached hydrogens (tertiary/aromatic N) is 3. The predicted molar refractivity (Wildman–Crippen MR) is 87.6 cm³/mol. The summed E-state index contributed by atoms with van der Waals surface area (Å²) in [4.78, 5) is 25.4. The molecule has 134 valence electrons. The van der Waals surface area contributed by atoms with Gasteiger partial charge in [0.05, 0.1) is 24.4 Å². The van der Waals surface area contributed by atoms with Crippen LogP contribution in [0.2, 0.25) is 0 Å². The van der Waals surface area contributed by atoms with Crippen LogP contribution in [0.25, 0.3) is 0 Å². The second-order valence-corrected chi connectivity index (χ2v) is 7.23. The predicted octanol–water partition coefficient (Wildman–Crippen LogP) is 1.31. The molecule has 0 saturated heterocycles. The molecule has 1 aliphatic rings. The summed E-state index contributed by atoms with van der Waals surface area (Å²) >= 11 is 0. The van der Waals surface area contributed by atoms with Gasteiger partial charge in [0.2, 0.25) is 0 Å². The maximum absolute atomic E-state index is 12.1. The molecule has 2 unspecified atom stereocenters. The van der Waals surface area contributed by atoms with Gasteiger partial charge in [-0.1, -0.05) is 0 Å². The van der Waals surface area contributed by atoms with Crippen molar-refractivity contribution in [3.63, 3.8) is 0 Å². The van der Waals surface area contributed by atoms with Crippen LogP contribution in [0, 0.1) is 0 Å². The third kappa shape index (κ3) is 4.25. The third-order valence-electron chi connectivity index (χ3n) is 3.77. The zero-order valence-electron chi connectivity index (χ0n) is 14.9. The first-order valence-electron chi connectivity index (χ1n) is 8.03. The van der Waals surface area contributed by atoms with Gasteiger partial charge in [0.1, 0.15) is 5.60 Å². The van der Waals surface area contributed by atoms with Crippen LogP contribution in [0.3, 0.4) is 0 Å². The maximum atomic E-state index is 12.1. The van der Waals surface area contributed by atoms with E-state index in [1.807, 2.05) is 0 Å². The summed E-state index contributed by atoms with van der Waals surface area (Å²) in [7, 11) is 3.30. The van der Waals surface area contributed by atoms with Crippen LogP contribution in [-0.2, 0) is 11.3 Å². The molecule has 1 aromatic rings. The van der Waals surface area contributed by atoms with E-state index in [4.69, 9.17) is 4.74 Å². The van der Waals surface area contributed by atoms with E-state index in [1.54, 1.807) is 45.6 Å². The molecule has 2 atom stereocenters. The second-order valence-electron chi connectivity index (χ2n) is 7.23. The lowest BCUT2D eigenvalue weighted by Crippen LogP contribution is -2.37. The molecule has 24 heavy (non-hydrogen) atoms. The van der Waals surface area contributed by atoms with Crippen LogP contribution in [0.1, 0.15) is 55.8 Å². The van der Waals surface area contributed by atoms with Crippen molar-refractivity contribution in [1.82, 2.24) is 20.0 Å². The fraction of sp³-hybridized carbons (Fsp3) is 0.688. The molecular weight excluding hydrogens is 312 g/mol. The molecule has 2 amide bonds. The summed E-state index contributed by atoms with van der Waals surface area (Å²) in [6.45, 7) is 5.53. The highest BCUT2D eigenvalue weighted by Gasteiger charge is 2.33. The third-order valence-corrected chi connectivity index (χ3v) is 3.77. The Kier molecular flexibility index (Phi) is 5.17. The average Bonchev–Trinajstić information content (AvgIpc) is 2.84. The first kappa shape index (κ1) is 18.3. The normalized spacial score (nSPS) is 20.2. The molecule has 2 rings (SSSR count). The molecule has 2 N–H and O–H groups in total. The van der Waals surface area contributed by atoms with Crippen LogP contribution < -0.4 is 5.32 Å². The summed E-state index contributed by atoms with van der Waals surface area (Å²) in [6, 6.07) is 1.48. The van der Waals surface area contributed by atoms with Crippen molar-refractivity contribution in [3.8, 4) is 0 Å². The highest BCUT2D eigenvalue weighted by molar-refractivity contribution is 5.92. The van der Waals surface area contributed by atoms with E-state index in [0.29, 0.717) is 17.8 Å². The van der Waals surface area contributed by atoms with Gasteiger partial charge in [-0.25, -0.2) is 4.79 Å². The fourth-order valence-electron chi connectivity index (χ4n) is 2.41. The van der Waals surface area contributed by atoms with Crippen molar-refractivity contribution < 1.29 is 19.4 Å². The quantitative estimate of drug-likeness (QED) is 0.863. The Morgan fingerprint density at radius 2 is 2.08 bits per heavy atom. The van der Waals surface area contributed by atoms with Gasteiger partial charge in [-0.3, -0.25) is 9.48 Å². The molecule has 8 nitrogen and oxygen atoms in total. The van der Waals surface area contributed by atoms with Crippen LogP contribution in [0.4, 0.5) is 4.79 Å². The highest BCUT2D eigenvalue weighted by Crippen LogP contribution is 2.33. The molecule has 8 heteroatoms. The number of amides is 2. The number of nitrogens with one attached hydrogen (secondary N) is 1. The van der Waals surface area contributed by atoms with Gasteiger partial charge in [-0.2, -0.15) is 5.10 Å². The minimum Gasteiger partial charge on any atom is -0.444 e. The van der Waals surface area contributed by atoms with Gasteiger partial charge in [-0.15, -0.1) is 0 Å². The van der Waals surface area contributed by atoms with Gasteiger partial charge >= 0.3 is 6.09 Å². The Hall–Kier alpha value is -2.09. The first-order valence-corrected chi connectivity index (χ1v) is 8.03. The zero-order valence-corrected chi connectivity index (χ0v) is 14.9. The molecule has 1 aliphatic carbocycles. The Balaban J connectivity index is 2.14. The van der Waals surface area contributed by atoms with E-state index in [9.17, 15) is 14.7 Å². The van der Waals surface area contributed by atoms with Gasteiger partial charge in [0.25, 0.3) is 5.91 Å². The van der Waals surface area contributed by atoms with E-state index in [2.05, 4.69) is 10.4 Å². The number of aliphatic hydroxyl groups excluding tert-OH is 1. The highest BCUT2D eigenvalue weighted by atomic mass is 16.6. The van der Waals surface area contributed by atoms with Gasteiger partial charge < -0.3 is 20.1 Å². The van der Waals surface area contributed by atoms with Crippen molar-refractivity contribution in [3.05, 3.63) is 17.5 Å². The molecule has 1 aromatic heterocycles.